The normalized spacial score (nSPS) is 13.0. The molecule has 62 heavy (non-hydrogen) atoms. The van der Waals surface area contributed by atoms with Crippen LogP contribution >= 0.6 is 127 Å². The first-order chi connectivity index (χ1) is 28.5. The van der Waals surface area contributed by atoms with Crippen LogP contribution in [0.5, 0.6) is 0 Å². The molecule has 0 aliphatic carbocycles. The predicted octanol–water partition coefficient (Wildman–Crippen LogP) is 18.5. The van der Waals surface area contributed by atoms with Crippen LogP contribution in [0.2, 0.25) is 0 Å². The first kappa shape index (κ1) is 48.7. The van der Waals surface area contributed by atoms with E-state index in [0.29, 0.717) is 11.2 Å². The van der Waals surface area contributed by atoms with Crippen LogP contribution in [0.15, 0.2) is 99.6 Å². The zero-order chi connectivity index (χ0) is 44.2. The van der Waals surface area contributed by atoms with Gasteiger partial charge < -0.3 is 15.0 Å². The quantitative estimate of drug-likeness (QED) is 0.165. The molecule has 0 atom stereocenters. The van der Waals surface area contributed by atoms with Gasteiger partial charge in [-0.15, -0.1) is 27.6 Å². The van der Waals surface area contributed by atoms with Crippen molar-refractivity contribution in [3.05, 3.63) is 128 Å². The van der Waals surface area contributed by atoms with E-state index in [0.717, 1.165) is 102 Å². The van der Waals surface area contributed by atoms with Crippen molar-refractivity contribution in [2.24, 2.45) is 0 Å². The molecule has 8 bridgehead atoms. The van der Waals surface area contributed by atoms with Crippen LogP contribution in [0.25, 0.3) is 75.4 Å². The third-order valence-electron chi connectivity index (χ3n) is 11.1. The maximum atomic E-state index is 5.58. The number of rotatable bonds is 3. The third kappa shape index (κ3) is 8.62. The van der Waals surface area contributed by atoms with Gasteiger partial charge in [0.2, 0.25) is 0 Å². The Morgan fingerprint density at radius 1 is 0.339 bits per heavy atom. The second-order valence-electron chi connectivity index (χ2n) is 18.4. The Morgan fingerprint density at radius 3 is 0.887 bits per heavy atom. The summed E-state index contributed by atoms with van der Waals surface area (Å²) < 4.78 is 6.33. The number of nitrogens with zero attached hydrogens (tertiary/aromatic N) is 4. The molecule has 325 valence electrons. The third-order valence-corrected chi connectivity index (χ3v) is 19.4. The first-order valence-electron chi connectivity index (χ1n) is 19.5. The zero-order valence-corrected chi connectivity index (χ0v) is 48.7. The van der Waals surface area contributed by atoms with Crippen LogP contribution in [0, 0.1) is 0 Å². The second kappa shape index (κ2) is 17.8. The number of benzene rings is 3. The van der Waals surface area contributed by atoms with E-state index in [4.69, 9.17) is 19.9 Å². The van der Waals surface area contributed by atoms with Gasteiger partial charge in [-0.2, -0.15) is 0 Å². The topological polar surface area (TPSA) is 55.2 Å². The number of aromatic nitrogens is 4. The number of hydrogen-bond donors (Lipinski definition) is 0. The van der Waals surface area contributed by atoms with E-state index in [1.165, 1.54) is 16.7 Å². The van der Waals surface area contributed by atoms with Gasteiger partial charge in [-0.25, -0.2) is 4.98 Å². The fourth-order valence-electron chi connectivity index (χ4n) is 7.55. The van der Waals surface area contributed by atoms with E-state index in [1.807, 2.05) is 0 Å². The van der Waals surface area contributed by atoms with Crippen LogP contribution in [0.3, 0.4) is 0 Å². The summed E-state index contributed by atoms with van der Waals surface area (Å²) in [6.45, 7) is 20.0. The van der Waals surface area contributed by atoms with E-state index >= 15 is 0 Å². The predicted molar refractivity (Wildman–Crippen MR) is 286 cm³/mol. The zero-order valence-electron chi connectivity index (χ0n) is 35.0. The van der Waals surface area contributed by atoms with Crippen molar-refractivity contribution in [2.45, 2.75) is 78.6 Å². The fraction of sp³-hybridized carbons (Fsp3) is 0.245. The molecular weight excluding hydrogens is 1350 g/mol. The van der Waals surface area contributed by atoms with Gasteiger partial charge in [0.05, 0.1) is 20.4 Å². The van der Waals surface area contributed by atoms with Crippen LogP contribution in [0.1, 0.15) is 90.4 Å². The molecular formula is C49H39Br8CuN4-3. The molecule has 0 N–H and O–H groups in total. The minimum Gasteiger partial charge on any atom is -0.655 e. The summed E-state index contributed by atoms with van der Waals surface area (Å²) in [6, 6.07) is 26.2. The van der Waals surface area contributed by atoms with Crippen LogP contribution in [-0.4, -0.2) is 4.98 Å². The molecule has 1 aliphatic rings. The van der Waals surface area contributed by atoms with Crippen molar-refractivity contribution < 1.29 is 17.1 Å². The molecule has 0 spiro atoms. The second-order valence-corrected chi connectivity index (χ2v) is 24.7. The SMILES string of the molecule is CC(C)(C)c1ccc(-c2c3nc(c4[n-]c(c(Br)c4Br)c(-c4ccc(C(C)(C)C)cc4)c4[n-]c(c(Br)c4Br)c(-c4ccc(C(C)(C)C)cc4)c4[n-]c2c(Br)c4Br)C(Br)=C3Br)cc1.[Cu]. The molecule has 5 heterocycles. The minimum absolute atomic E-state index is 0. The van der Waals surface area contributed by atoms with Crippen LogP contribution < -0.4 is 15.0 Å². The molecule has 0 unspecified atom stereocenters. The van der Waals surface area contributed by atoms with Crippen molar-refractivity contribution in [1.82, 2.24) is 19.9 Å². The average molecular weight is 1390 g/mol. The van der Waals surface area contributed by atoms with E-state index in [-0.39, 0.29) is 33.3 Å². The largest absolute Gasteiger partial charge is 0.655 e. The van der Waals surface area contributed by atoms with E-state index < -0.39 is 0 Å². The Bertz CT molecular complexity index is 3080. The van der Waals surface area contributed by atoms with Crippen molar-refractivity contribution in [1.29, 1.82) is 0 Å². The van der Waals surface area contributed by atoms with Gasteiger partial charge in [0.25, 0.3) is 0 Å². The number of halogens is 8. The van der Waals surface area contributed by atoms with Crippen molar-refractivity contribution in [3.63, 3.8) is 0 Å². The Morgan fingerprint density at radius 2 is 0.581 bits per heavy atom. The van der Waals surface area contributed by atoms with Gasteiger partial charge in [-0.3, -0.25) is 0 Å². The van der Waals surface area contributed by atoms with Gasteiger partial charge in [0, 0.05) is 43.9 Å². The summed E-state index contributed by atoms with van der Waals surface area (Å²) in [5, 5.41) is 0. The molecule has 8 rings (SSSR count). The maximum absolute atomic E-state index is 5.58. The Balaban J connectivity index is 0.00000578. The van der Waals surface area contributed by atoms with E-state index in [1.54, 1.807) is 0 Å². The number of fused-ring (bicyclic) bond motifs is 9. The summed E-state index contributed by atoms with van der Waals surface area (Å²) in [4.78, 5) is 22.0. The van der Waals surface area contributed by atoms with Crippen LogP contribution in [0.4, 0.5) is 0 Å². The molecule has 7 aromatic rings. The number of hydrogen-bond acceptors (Lipinski definition) is 1. The summed E-state index contributed by atoms with van der Waals surface area (Å²) in [5.41, 5.74) is 14.8. The molecule has 0 amide bonds. The summed E-state index contributed by atoms with van der Waals surface area (Å²) in [5.74, 6) is 0. The maximum Gasteiger partial charge on any atom is 0.0857 e. The summed E-state index contributed by atoms with van der Waals surface area (Å²) >= 11 is 32.1. The fourth-order valence-corrected chi connectivity index (χ4v) is 11.3. The Labute approximate surface area is 441 Å². The smallest absolute Gasteiger partial charge is 0.0857 e. The monoisotopic (exact) mass is 1380 g/mol. The van der Waals surface area contributed by atoms with Crippen molar-refractivity contribution >= 4 is 170 Å². The molecule has 4 nitrogen and oxygen atoms in total. The molecule has 1 aliphatic heterocycles. The summed E-state index contributed by atoms with van der Waals surface area (Å²) in [6.07, 6.45) is 0. The van der Waals surface area contributed by atoms with Crippen molar-refractivity contribution in [3.8, 4) is 33.4 Å². The van der Waals surface area contributed by atoms with Gasteiger partial charge >= 0.3 is 0 Å². The molecule has 1 radical (unpaired) electrons. The van der Waals surface area contributed by atoms with E-state index in [2.05, 4.69) is 263 Å². The van der Waals surface area contributed by atoms with E-state index in [9.17, 15) is 0 Å². The minimum atomic E-state index is -0.0332. The Hall–Kier alpha value is -1.25. The molecule has 4 aromatic heterocycles. The standard InChI is InChI=1S/C49H39Br8N4.Cu/c1-47(2,3)25-16-10-22(11-17-25)28-39-31(50)33(52)41(58-39)29(23-12-18-26(19-13-23)48(4,5)6)43-35(54)37(56)45(60-43)46-38(57)36(55)44(61-46)30(42-34(53)32(51)40(28)59-42)24-14-20-27(21-15-24)49(7,8)9;/h10-21H,1-9H3;/q-3;. The van der Waals surface area contributed by atoms with Gasteiger partial charge in [-0.05, 0) is 98.2 Å². The molecule has 13 heteroatoms. The van der Waals surface area contributed by atoms with Crippen molar-refractivity contribution in [2.75, 3.05) is 0 Å². The van der Waals surface area contributed by atoms with Gasteiger partial charge in [0.1, 0.15) is 0 Å². The van der Waals surface area contributed by atoms with Crippen LogP contribution in [-0.2, 0) is 33.3 Å². The molecule has 0 saturated heterocycles. The van der Waals surface area contributed by atoms with Gasteiger partial charge in [0.15, 0.2) is 0 Å². The molecule has 0 fully saturated rings. The summed E-state index contributed by atoms with van der Waals surface area (Å²) in [7, 11) is 0. The Kier molecular flexibility index (Phi) is 13.9. The average Bonchev–Trinajstić information content (AvgIpc) is 3.86. The first-order valence-corrected chi connectivity index (χ1v) is 25.9. The van der Waals surface area contributed by atoms with Gasteiger partial charge in [-0.1, -0.05) is 236 Å². The molecule has 3 aromatic carbocycles. The molecule has 0 saturated carbocycles.